The fraction of sp³-hybridized carbons (Fsp3) is 0.172. The Morgan fingerprint density at radius 3 is 2.61 bits per heavy atom. The number of nitrogens with zero attached hydrogens (tertiary/aromatic N) is 1. The van der Waals surface area contributed by atoms with Crippen molar-refractivity contribution in [2.24, 2.45) is 0 Å². The minimum Gasteiger partial charge on any atom is -0.507 e. The molecule has 5 rings (SSSR count). The molecule has 4 aromatic rings. The summed E-state index contributed by atoms with van der Waals surface area (Å²) in [6.07, 6.45) is 1.65. The summed E-state index contributed by atoms with van der Waals surface area (Å²) in [5.74, 6) is -0.420. The molecule has 0 aliphatic carbocycles. The molecule has 1 unspecified atom stereocenters. The average molecular weight is 483 g/mol. The number of aliphatic hydroxyl groups excluding tert-OH is 1. The number of carbonyl (C=O) groups is 2. The highest BCUT2D eigenvalue weighted by atomic mass is 16.5. The van der Waals surface area contributed by atoms with Gasteiger partial charge in [0.2, 0.25) is 0 Å². The molecule has 7 nitrogen and oxygen atoms in total. The fourth-order valence-corrected chi connectivity index (χ4v) is 4.76. The zero-order valence-corrected chi connectivity index (χ0v) is 20.0. The lowest BCUT2D eigenvalue weighted by atomic mass is 9.95. The van der Waals surface area contributed by atoms with Gasteiger partial charge in [-0.2, -0.15) is 0 Å². The summed E-state index contributed by atoms with van der Waals surface area (Å²) in [5.41, 5.74) is 2.73. The predicted molar refractivity (Wildman–Crippen MR) is 137 cm³/mol. The topological polar surface area (TPSA) is 91.9 Å². The Hall–Kier alpha value is -4.52. The van der Waals surface area contributed by atoms with E-state index in [4.69, 9.17) is 9.47 Å². The van der Waals surface area contributed by atoms with Crippen LogP contribution in [0, 0.1) is 0 Å². The minimum absolute atomic E-state index is 0.0355. The van der Waals surface area contributed by atoms with Crippen LogP contribution >= 0.6 is 0 Å². The Morgan fingerprint density at radius 2 is 1.81 bits per heavy atom. The van der Waals surface area contributed by atoms with Crippen LogP contribution in [-0.2, 0) is 16.1 Å². The smallest absolute Gasteiger partial charge is 0.295 e. The molecule has 0 bridgehead atoms. The number of methoxy groups -OCH3 is 1. The van der Waals surface area contributed by atoms with Gasteiger partial charge in [-0.1, -0.05) is 48.5 Å². The largest absolute Gasteiger partial charge is 0.507 e. The van der Waals surface area contributed by atoms with Gasteiger partial charge in [0, 0.05) is 28.2 Å². The maximum absolute atomic E-state index is 13.4. The van der Waals surface area contributed by atoms with Crippen LogP contribution in [0.1, 0.15) is 29.7 Å². The van der Waals surface area contributed by atoms with Gasteiger partial charge >= 0.3 is 0 Å². The first kappa shape index (κ1) is 23.2. The highest BCUT2D eigenvalue weighted by Crippen LogP contribution is 2.42. The van der Waals surface area contributed by atoms with Crippen molar-refractivity contribution in [3.8, 4) is 11.5 Å². The van der Waals surface area contributed by atoms with E-state index in [2.05, 4.69) is 4.98 Å². The van der Waals surface area contributed by atoms with Crippen molar-refractivity contribution in [2.45, 2.75) is 19.5 Å². The van der Waals surface area contributed by atoms with Gasteiger partial charge < -0.3 is 24.5 Å². The molecule has 0 radical (unpaired) electrons. The van der Waals surface area contributed by atoms with Crippen molar-refractivity contribution >= 4 is 28.4 Å². The van der Waals surface area contributed by atoms with E-state index in [-0.39, 0.29) is 17.9 Å². The Balaban J connectivity index is 1.69. The third-order valence-corrected chi connectivity index (χ3v) is 6.40. The molecule has 1 saturated heterocycles. The summed E-state index contributed by atoms with van der Waals surface area (Å²) >= 11 is 0. The number of aromatic nitrogens is 1. The van der Waals surface area contributed by atoms with E-state index in [1.54, 1.807) is 19.4 Å². The zero-order valence-electron chi connectivity index (χ0n) is 20.0. The monoisotopic (exact) mass is 482 g/mol. The van der Waals surface area contributed by atoms with Gasteiger partial charge in [-0.25, -0.2) is 0 Å². The van der Waals surface area contributed by atoms with Gasteiger partial charge in [-0.05, 0) is 36.8 Å². The second-order valence-corrected chi connectivity index (χ2v) is 8.49. The number of hydrogen-bond acceptors (Lipinski definition) is 5. The van der Waals surface area contributed by atoms with Gasteiger partial charge in [0.05, 0.1) is 31.9 Å². The molecular weight excluding hydrogens is 456 g/mol. The molecule has 1 aromatic heterocycles. The van der Waals surface area contributed by atoms with Gasteiger partial charge in [-0.15, -0.1) is 0 Å². The molecule has 1 atom stereocenters. The van der Waals surface area contributed by atoms with Gasteiger partial charge in [0.15, 0.2) is 0 Å². The predicted octanol–water partition coefficient (Wildman–Crippen LogP) is 5.20. The van der Waals surface area contributed by atoms with E-state index in [1.807, 2.05) is 73.7 Å². The first-order chi connectivity index (χ1) is 17.5. The molecule has 0 spiro atoms. The number of para-hydroxylation sites is 2. The Morgan fingerprint density at radius 1 is 1.03 bits per heavy atom. The number of amides is 1. The van der Waals surface area contributed by atoms with Crippen LogP contribution in [0.15, 0.2) is 84.6 Å². The van der Waals surface area contributed by atoms with Crippen LogP contribution in [0.5, 0.6) is 11.5 Å². The van der Waals surface area contributed by atoms with Gasteiger partial charge in [-0.3, -0.25) is 9.59 Å². The molecule has 1 amide bonds. The Labute approximate surface area is 208 Å². The zero-order chi connectivity index (χ0) is 25.2. The number of likely N-dealkylation sites (tertiary alicyclic amines) is 1. The van der Waals surface area contributed by atoms with E-state index in [0.29, 0.717) is 29.2 Å². The summed E-state index contributed by atoms with van der Waals surface area (Å²) in [6, 6.07) is 21.3. The van der Waals surface area contributed by atoms with E-state index >= 15 is 0 Å². The van der Waals surface area contributed by atoms with Crippen molar-refractivity contribution in [3.63, 3.8) is 0 Å². The number of carbonyl (C=O) groups excluding carboxylic acids is 2. The highest BCUT2D eigenvalue weighted by Gasteiger charge is 2.46. The molecular formula is C29H26N2O5. The molecule has 1 fully saturated rings. The molecule has 0 saturated carbocycles. The van der Waals surface area contributed by atoms with E-state index < -0.39 is 17.7 Å². The lowest BCUT2D eigenvalue weighted by molar-refractivity contribution is -0.140. The standard InChI is InChI=1S/C29H26N2O5/c1-3-36-20-11-8-10-18(15-20)26-25(27(32)22-16-30-23-13-6-5-12-21(22)23)28(33)29(34)31(26)17-19-9-4-7-14-24(19)35-2/h4-16,26,30,32H,3,17H2,1-2H3/b27-25-. The van der Waals surface area contributed by atoms with Crippen molar-refractivity contribution in [1.29, 1.82) is 0 Å². The highest BCUT2D eigenvalue weighted by molar-refractivity contribution is 6.46. The quantitative estimate of drug-likeness (QED) is 0.215. The number of rotatable bonds is 7. The molecule has 2 N–H and O–H groups in total. The summed E-state index contributed by atoms with van der Waals surface area (Å²) in [4.78, 5) is 31.5. The average Bonchev–Trinajstić information content (AvgIpc) is 3.44. The van der Waals surface area contributed by atoms with Crippen molar-refractivity contribution in [3.05, 3.63) is 101 Å². The van der Waals surface area contributed by atoms with Crippen molar-refractivity contribution < 1.29 is 24.2 Å². The molecule has 36 heavy (non-hydrogen) atoms. The second-order valence-electron chi connectivity index (χ2n) is 8.49. The molecule has 1 aliphatic rings. The summed E-state index contributed by atoms with van der Waals surface area (Å²) in [6.45, 7) is 2.49. The lowest BCUT2D eigenvalue weighted by Gasteiger charge is -2.26. The fourth-order valence-electron chi connectivity index (χ4n) is 4.76. The Bertz CT molecular complexity index is 1490. The van der Waals surface area contributed by atoms with E-state index in [9.17, 15) is 14.7 Å². The van der Waals surface area contributed by atoms with Crippen molar-refractivity contribution in [2.75, 3.05) is 13.7 Å². The van der Waals surface area contributed by atoms with E-state index in [0.717, 1.165) is 16.5 Å². The first-order valence-corrected chi connectivity index (χ1v) is 11.7. The molecule has 1 aliphatic heterocycles. The molecule has 3 aromatic carbocycles. The van der Waals surface area contributed by atoms with Crippen LogP contribution in [0.4, 0.5) is 0 Å². The second kappa shape index (κ2) is 9.62. The number of Topliss-reactive ketones (excluding diaryl/α,β-unsaturated/α-hetero) is 1. The van der Waals surface area contributed by atoms with E-state index in [1.165, 1.54) is 4.90 Å². The van der Waals surface area contributed by atoms with Crippen LogP contribution in [0.25, 0.3) is 16.7 Å². The number of hydrogen-bond donors (Lipinski definition) is 2. The maximum Gasteiger partial charge on any atom is 0.295 e. The minimum atomic E-state index is -0.816. The van der Waals surface area contributed by atoms with Crippen LogP contribution in [0.3, 0.4) is 0 Å². The lowest BCUT2D eigenvalue weighted by Crippen LogP contribution is -2.29. The molecule has 2 heterocycles. The number of ether oxygens (including phenoxy) is 2. The third kappa shape index (κ3) is 3.98. The first-order valence-electron chi connectivity index (χ1n) is 11.7. The summed E-state index contributed by atoms with van der Waals surface area (Å²) in [7, 11) is 1.56. The molecule has 182 valence electrons. The van der Waals surface area contributed by atoms with Gasteiger partial charge in [0.25, 0.3) is 11.7 Å². The van der Waals surface area contributed by atoms with Crippen LogP contribution in [0.2, 0.25) is 0 Å². The van der Waals surface area contributed by atoms with Gasteiger partial charge in [0.1, 0.15) is 17.3 Å². The normalized spacial score (nSPS) is 17.1. The van der Waals surface area contributed by atoms with Crippen LogP contribution < -0.4 is 9.47 Å². The third-order valence-electron chi connectivity index (χ3n) is 6.40. The summed E-state index contributed by atoms with van der Waals surface area (Å²) in [5, 5.41) is 12.2. The van der Waals surface area contributed by atoms with Crippen LogP contribution in [-0.4, -0.2) is 40.4 Å². The number of nitrogens with one attached hydrogen (secondary N) is 1. The number of ketones is 1. The number of aromatic amines is 1. The number of H-pyrrole nitrogens is 1. The molecule has 7 heteroatoms. The number of benzene rings is 3. The van der Waals surface area contributed by atoms with Crippen molar-refractivity contribution in [1.82, 2.24) is 9.88 Å². The number of aliphatic hydroxyl groups is 1. The summed E-state index contributed by atoms with van der Waals surface area (Å²) < 4.78 is 11.2. The number of fused-ring (bicyclic) bond motifs is 1. The Kier molecular flexibility index (Phi) is 6.21. The maximum atomic E-state index is 13.4. The SMILES string of the molecule is CCOc1cccc(C2/C(=C(/O)c3c[nH]c4ccccc34)C(=O)C(=O)N2Cc2ccccc2OC)c1.